The number of carbonyl (C=O) groups excluding carboxylic acids is 2. The van der Waals surface area contributed by atoms with Crippen LogP contribution >= 0.6 is 0 Å². The van der Waals surface area contributed by atoms with Gasteiger partial charge >= 0.3 is 0 Å². The number of hydrogen-bond acceptors (Lipinski definition) is 7. The molecule has 1 saturated carbocycles. The van der Waals surface area contributed by atoms with Crippen LogP contribution in [-0.2, 0) is 34.0 Å². The molecule has 1 aliphatic carbocycles. The molecule has 10 heteroatoms. The van der Waals surface area contributed by atoms with Gasteiger partial charge < -0.3 is 19.7 Å². The molecule has 198 valence electrons. The number of aryl methyl sites for hydroxylation is 1. The van der Waals surface area contributed by atoms with E-state index < -0.39 is 0 Å². The van der Waals surface area contributed by atoms with Crippen molar-refractivity contribution >= 4 is 11.8 Å². The third-order valence-electron chi connectivity index (χ3n) is 7.28. The van der Waals surface area contributed by atoms with E-state index in [2.05, 4.69) is 26.4 Å². The summed E-state index contributed by atoms with van der Waals surface area (Å²) in [6, 6.07) is 16.0. The lowest BCUT2D eigenvalue weighted by Crippen LogP contribution is -2.48. The van der Waals surface area contributed by atoms with Crippen LogP contribution in [0, 0.1) is 0 Å². The summed E-state index contributed by atoms with van der Waals surface area (Å²) in [4.78, 5) is 34.2. The maximum absolute atomic E-state index is 13.2. The fourth-order valence-electron chi connectivity index (χ4n) is 5.17. The van der Waals surface area contributed by atoms with E-state index in [0.29, 0.717) is 51.8 Å². The van der Waals surface area contributed by atoms with Gasteiger partial charge in [0.25, 0.3) is 0 Å². The lowest BCUT2D eigenvalue weighted by atomic mass is 10.1. The van der Waals surface area contributed by atoms with Crippen LogP contribution in [0.2, 0.25) is 0 Å². The Kier molecular flexibility index (Phi) is 7.06. The first kappa shape index (κ1) is 24.6. The number of aromatic nitrogens is 3. The predicted octanol–water partition coefficient (Wildman–Crippen LogP) is 2.35. The third-order valence-corrected chi connectivity index (χ3v) is 7.28. The number of nitrogens with one attached hydrogen (secondary N) is 1. The van der Waals surface area contributed by atoms with Crippen LogP contribution in [-0.4, -0.2) is 74.2 Å². The van der Waals surface area contributed by atoms with Crippen molar-refractivity contribution < 1.29 is 19.1 Å². The molecule has 1 N–H and O–H groups in total. The van der Waals surface area contributed by atoms with Crippen LogP contribution in [0.4, 0.5) is 0 Å². The van der Waals surface area contributed by atoms with Gasteiger partial charge in [0.05, 0.1) is 31.8 Å². The number of nitrogens with zero attached hydrogens (tertiary/aromatic N) is 5. The Balaban J connectivity index is 1.21. The maximum Gasteiger partial charge on any atom is 0.234 e. The van der Waals surface area contributed by atoms with E-state index in [1.807, 2.05) is 42.5 Å². The second kappa shape index (κ2) is 10.9. The Morgan fingerprint density at radius 3 is 2.58 bits per heavy atom. The van der Waals surface area contributed by atoms with Gasteiger partial charge in [-0.2, -0.15) is 5.10 Å². The van der Waals surface area contributed by atoms with Crippen LogP contribution in [0.25, 0.3) is 0 Å². The number of likely N-dealkylation sites (tertiary alicyclic amines) is 1. The van der Waals surface area contributed by atoms with Gasteiger partial charge in [-0.1, -0.05) is 24.3 Å². The molecular weight excluding hydrogens is 484 g/mol. The lowest BCUT2D eigenvalue weighted by molar-refractivity contribution is -0.131. The summed E-state index contributed by atoms with van der Waals surface area (Å²) in [5.74, 6) is 1.47. The molecule has 2 atom stereocenters. The number of fused-ring (bicyclic) bond motifs is 5. The van der Waals surface area contributed by atoms with E-state index in [1.165, 1.54) is 6.33 Å². The molecule has 3 aliphatic rings. The van der Waals surface area contributed by atoms with Gasteiger partial charge in [-0.15, -0.1) is 0 Å². The van der Waals surface area contributed by atoms with Crippen molar-refractivity contribution in [3.63, 3.8) is 0 Å². The summed E-state index contributed by atoms with van der Waals surface area (Å²) in [7, 11) is 0. The highest BCUT2D eigenvalue weighted by Gasteiger charge is 2.38. The molecule has 38 heavy (non-hydrogen) atoms. The van der Waals surface area contributed by atoms with E-state index in [1.54, 1.807) is 15.9 Å². The first-order valence-electron chi connectivity index (χ1n) is 13.2. The SMILES string of the molecule is O=C1CN(C2CC2)Cc2cccc(c2)Oc2cccc(c2)CO[C@H]2CN(C(=O)CCn3cncn3)C[C@@H]2N1. The molecular formula is C28H32N6O4. The summed E-state index contributed by atoms with van der Waals surface area (Å²) in [5, 5.41) is 7.26. The number of amides is 2. The number of hydrogen-bond donors (Lipinski definition) is 1. The van der Waals surface area contributed by atoms with Crippen molar-refractivity contribution in [2.75, 3.05) is 19.6 Å². The van der Waals surface area contributed by atoms with Gasteiger partial charge in [-0.25, -0.2) is 4.98 Å². The van der Waals surface area contributed by atoms with E-state index in [9.17, 15) is 9.59 Å². The average molecular weight is 517 g/mol. The van der Waals surface area contributed by atoms with Crippen molar-refractivity contribution in [1.29, 1.82) is 0 Å². The van der Waals surface area contributed by atoms with E-state index in [-0.39, 0.29) is 24.0 Å². The largest absolute Gasteiger partial charge is 0.457 e. The molecule has 2 fully saturated rings. The van der Waals surface area contributed by atoms with Crippen LogP contribution < -0.4 is 10.1 Å². The Morgan fingerprint density at radius 2 is 1.82 bits per heavy atom. The minimum atomic E-state index is -0.311. The zero-order chi connectivity index (χ0) is 25.9. The number of benzene rings is 2. The topological polar surface area (TPSA) is 102 Å². The first-order chi connectivity index (χ1) is 18.6. The second-order valence-corrected chi connectivity index (χ2v) is 10.3. The molecule has 10 nitrogen and oxygen atoms in total. The Labute approximate surface area is 221 Å². The van der Waals surface area contributed by atoms with Gasteiger partial charge in [-0.3, -0.25) is 19.2 Å². The van der Waals surface area contributed by atoms with E-state index in [0.717, 1.165) is 35.5 Å². The summed E-state index contributed by atoms with van der Waals surface area (Å²) < 4.78 is 14.1. The van der Waals surface area contributed by atoms with Crippen LogP contribution in [0.1, 0.15) is 30.4 Å². The molecule has 4 bridgehead atoms. The standard InChI is InChI=1S/C28H32N6O4/c35-27-16-32(22-7-8-22)13-20-3-1-5-23(11-20)38-24-6-2-4-21(12-24)17-37-26-15-33(14-25(26)31-27)28(36)9-10-34-19-29-18-30-34/h1-6,11-12,18-19,22,25-26H,7-10,13-17H2,(H,31,35)/t25-,26-/m0/s1. The van der Waals surface area contributed by atoms with Crippen LogP contribution in [0.5, 0.6) is 11.5 Å². The first-order valence-corrected chi connectivity index (χ1v) is 13.2. The smallest absolute Gasteiger partial charge is 0.234 e. The van der Waals surface area contributed by atoms with Crippen molar-refractivity contribution in [1.82, 2.24) is 29.9 Å². The highest BCUT2D eigenvalue weighted by Crippen LogP contribution is 2.30. The molecule has 2 aromatic carbocycles. The molecule has 2 amide bonds. The molecule has 1 saturated heterocycles. The predicted molar refractivity (Wildman–Crippen MR) is 138 cm³/mol. The zero-order valence-electron chi connectivity index (χ0n) is 21.2. The molecule has 0 spiro atoms. The molecule has 1 aromatic heterocycles. The van der Waals surface area contributed by atoms with Crippen molar-refractivity contribution in [2.24, 2.45) is 0 Å². The fourth-order valence-corrected chi connectivity index (χ4v) is 5.17. The van der Waals surface area contributed by atoms with Gasteiger partial charge in [-0.05, 0) is 48.2 Å². The Hall–Kier alpha value is -3.76. The molecule has 3 aromatic rings. The zero-order valence-corrected chi connectivity index (χ0v) is 21.2. The summed E-state index contributed by atoms with van der Waals surface area (Å²) in [6.07, 6.45) is 5.25. The normalized spacial score (nSPS) is 22.4. The number of ether oxygens (including phenoxy) is 2. The molecule has 0 unspecified atom stereocenters. The minimum absolute atomic E-state index is 0.00557. The van der Waals surface area contributed by atoms with Gasteiger partial charge in [0.15, 0.2) is 0 Å². The summed E-state index contributed by atoms with van der Waals surface area (Å²) in [6.45, 7) is 2.63. The molecule has 2 aliphatic heterocycles. The highest BCUT2D eigenvalue weighted by atomic mass is 16.5. The van der Waals surface area contributed by atoms with Gasteiger partial charge in [0.1, 0.15) is 24.2 Å². The van der Waals surface area contributed by atoms with Crippen LogP contribution in [0.15, 0.2) is 61.2 Å². The van der Waals surface area contributed by atoms with Crippen molar-refractivity contribution in [3.05, 3.63) is 72.3 Å². The van der Waals surface area contributed by atoms with Crippen LogP contribution in [0.3, 0.4) is 0 Å². The number of rotatable bonds is 4. The van der Waals surface area contributed by atoms with E-state index in [4.69, 9.17) is 9.47 Å². The van der Waals surface area contributed by atoms with Gasteiger partial charge in [0.2, 0.25) is 11.8 Å². The van der Waals surface area contributed by atoms with Gasteiger partial charge in [0, 0.05) is 32.1 Å². The van der Waals surface area contributed by atoms with Crippen molar-refractivity contribution in [3.8, 4) is 11.5 Å². The molecule has 3 heterocycles. The third kappa shape index (κ3) is 6.03. The lowest BCUT2D eigenvalue weighted by Gasteiger charge is -2.25. The molecule has 6 rings (SSSR count). The highest BCUT2D eigenvalue weighted by molar-refractivity contribution is 5.79. The Bertz CT molecular complexity index is 1280. The molecule has 0 radical (unpaired) electrons. The maximum atomic E-state index is 13.2. The summed E-state index contributed by atoms with van der Waals surface area (Å²) >= 11 is 0. The average Bonchev–Trinajstić information content (AvgIpc) is 3.48. The Morgan fingerprint density at radius 1 is 1.03 bits per heavy atom. The monoisotopic (exact) mass is 516 g/mol. The van der Waals surface area contributed by atoms with E-state index >= 15 is 0 Å². The minimum Gasteiger partial charge on any atom is -0.457 e. The summed E-state index contributed by atoms with van der Waals surface area (Å²) in [5.41, 5.74) is 2.07. The second-order valence-electron chi connectivity index (χ2n) is 10.3. The number of carbonyl (C=O) groups is 2. The van der Waals surface area contributed by atoms with Crippen molar-refractivity contribution in [2.45, 2.75) is 57.1 Å². The fraction of sp³-hybridized carbons (Fsp3) is 0.429. The quantitative estimate of drug-likeness (QED) is 0.568.